The van der Waals surface area contributed by atoms with Gasteiger partial charge in [-0.25, -0.2) is 0 Å². The number of carbonyl (C=O) groups is 2. The zero-order chi connectivity index (χ0) is 24.7. The lowest BCUT2D eigenvalue weighted by atomic mass is 9.75. The van der Waals surface area contributed by atoms with Gasteiger partial charge >= 0.3 is 7.12 Å². The maximum atomic E-state index is 12.9. The third-order valence-corrected chi connectivity index (χ3v) is 5.83. The van der Waals surface area contributed by atoms with Crippen molar-refractivity contribution >= 4 is 18.9 Å². The van der Waals surface area contributed by atoms with E-state index in [9.17, 15) is 24.7 Å². The number of fused-ring (bicyclic) bond motifs is 1. The van der Waals surface area contributed by atoms with Crippen LogP contribution in [0.4, 0.5) is 0 Å². The maximum absolute atomic E-state index is 12.9. The molecule has 0 heterocycles. The number of benzene rings is 1. The molecular weight excluding hydrogens is 431 g/mol. The van der Waals surface area contributed by atoms with Gasteiger partial charge in [-0.1, -0.05) is 13.8 Å². The van der Waals surface area contributed by atoms with Crippen LogP contribution in [0, 0.1) is 11.8 Å². The van der Waals surface area contributed by atoms with Gasteiger partial charge in [0.1, 0.15) is 6.04 Å². The molecule has 1 aliphatic carbocycles. The van der Waals surface area contributed by atoms with E-state index < -0.39 is 37.5 Å². The molecule has 3 atom stereocenters. The van der Waals surface area contributed by atoms with Crippen LogP contribution in [-0.4, -0.2) is 74.0 Å². The predicted octanol–water partition coefficient (Wildman–Crippen LogP) is -0.163. The largest absolute Gasteiger partial charge is 0.493 e. The zero-order valence-corrected chi connectivity index (χ0v) is 19.9. The van der Waals surface area contributed by atoms with Crippen molar-refractivity contribution in [1.29, 1.82) is 0 Å². The third-order valence-electron chi connectivity index (χ3n) is 5.83. The van der Waals surface area contributed by atoms with E-state index in [4.69, 9.17) is 14.2 Å². The van der Waals surface area contributed by atoms with Gasteiger partial charge in [0.15, 0.2) is 11.5 Å². The second-order valence-electron chi connectivity index (χ2n) is 8.62. The van der Waals surface area contributed by atoms with Crippen LogP contribution in [0.2, 0.25) is 0 Å². The molecule has 0 saturated carbocycles. The quantitative estimate of drug-likeness (QED) is 0.283. The van der Waals surface area contributed by atoms with Gasteiger partial charge in [0, 0.05) is 11.5 Å². The third kappa shape index (κ3) is 6.52. The molecule has 0 aliphatic heterocycles. The summed E-state index contributed by atoms with van der Waals surface area (Å²) < 4.78 is 16.4. The number of methoxy groups -OCH3 is 3. The van der Waals surface area contributed by atoms with Gasteiger partial charge in [-0.15, -0.1) is 0 Å². The monoisotopic (exact) mass is 466 g/mol. The molecule has 1 aliphatic rings. The highest BCUT2D eigenvalue weighted by Gasteiger charge is 2.33. The maximum Gasteiger partial charge on any atom is 0.475 e. The Balaban J connectivity index is 2.12. The molecule has 10 nitrogen and oxygen atoms in total. The van der Waals surface area contributed by atoms with Crippen LogP contribution in [0.5, 0.6) is 17.2 Å². The van der Waals surface area contributed by atoms with Crippen LogP contribution in [0.15, 0.2) is 6.07 Å². The van der Waals surface area contributed by atoms with E-state index in [-0.39, 0.29) is 11.8 Å². The van der Waals surface area contributed by atoms with Gasteiger partial charge in [0.05, 0.1) is 33.9 Å². The Labute approximate surface area is 194 Å². The van der Waals surface area contributed by atoms with Crippen molar-refractivity contribution in [3.8, 4) is 17.2 Å². The molecule has 184 valence electrons. The lowest BCUT2D eigenvalue weighted by Crippen LogP contribution is -2.56. The first kappa shape index (κ1) is 26.8. The van der Waals surface area contributed by atoms with Gasteiger partial charge in [-0.05, 0) is 43.2 Å². The van der Waals surface area contributed by atoms with Crippen LogP contribution in [0.25, 0.3) is 0 Å². The predicted molar refractivity (Wildman–Crippen MR) is 122 cm³/mol. The lowest BCUT2D eigenvalue weighted by Gasteiger charge is -2.28. The summed E-state index contributed by atoms with van der Waals surface area (Å²) >= 11 is 0. The number of amides is 2. The SMILES string of the molecule is COc1cc2c(c(OC)c1OC)CCC(C(=O)N[C@@H](CO)C(=O)N[C@@H](CC(C)C)B(O)O)C2. The van der Waals surface area contributed by atoms with E-state index in [0.29, 0.717) is 42.9 Å². The Morgan fingerprint density at radius 2 is 1.79 bits per heavy atom. The van der Waals surface area contributed by atoms with Gasteiger partial charge in [0.2, 0.25) is 17.6 Å². The molecule has 0 spiro atoms. The highest BCUT2D eigenvalue weighted by Crippen LogP contribution is 2.45. The average Bonchev–Trinajstić information content (AvgIpc) is 2.79. The average molecular weight is 466 g/mol. The molecular formula is C22H35BN2O8. The van der Waals surface area contributed by atoms with Gasteiger partial charge in [0.25, 0.3) is 0 Å². The second kappa shape index (κ2) is 12.1. The molecule has 2 rings (SSSR count). The number of hydrogen-bond acceptors (Lipinski definition) is 8. The first-order valence-corrected chi connectivity index (χ1v) is 11.0. The normalized spacial score (nSPS) is 16.9. The first-order valence-electron chi connectivity index (χ1n) is 11.0. The topological polar surface area (TPSA) is 147 Å². The molecule has 0 aromatic heterocycles. The molecule has 1 unspecified atom stereocenters. The summed E-state index contributed by atoms with van der Waals surface area (Å²) in [7, 11) is 2.87. The summed E-state index contributed by atoms with van der Waals surface area (Å²) in [4.78, 5) is 25.5. The van der Waals surface area contributed by atoms with Crippen LogP contribution < -0.4 is 24.8 Å². The molecule has 0 fully saturated rings. The number of ether oxygens (including phenoxy) is 3. The van der Waals surface area contributed by atoms with Crippen LogP contribution in [0.1, 0.15) is 37.8 Å². The number of aliphatic hydroxyl groups excluding tert-OH is 1. The Bertz CT molecular complexity index is 833. The first-order chi connectivity index (χ1) is 15.7. The van der Waals surface area contributed by atoms with Crippen molar-refractivity contribution in [1.82, 2.24) is 10.6 Å². The van der Waals surface area contributed by atoms with Crippen molar-refractivity contribution in [2.24, 2.45) is 11.8 Å². The number of carbonyl (C=O) groups excluding carboxylic acids is 2. The van der Waals surface area contributed by atoms with Gasteiger partial charge in [-0.3, -0.25) is 9.59 Å². The van der Waals surface area contributed by atoms with E-state index in [1.165, 1.54) is 14.2 Å². The minimum absolute atomic E-state index is 0.106. The van der Waals surface area contributed by atoms with Gasteiger partial charge in [-0.2, -0.15) is 0 Å². The molecule has 11 heteroatoms. The highest BCUT2D eigenvalue weighted by atomic mass is 16.5. The Hall–Kier alpha value is -2.50. The summed E-state index contributed by atoms with van der Waals surface area (Å²) in [5.41, 5.74) is 1.84. The van der Waals surface area contributed by atoms with Crippen molar-refractivity contribution in [3.05, 3.63) is 17.2 Å². The summed E-state index contributed by atoms with van der Waals surface area (Å²) in [6.07, 6.45) is 1.83. The summed E-state index contributed by atoms with van der Waals surface area (Å²) in [6.45, 7) is 3.15. The van der Waals surface area contributed by atoms with Crippen molar-refractivity contribution in [2.45, 2.75) is 51.5 Å². The standard InChI is InChI=1S/C22H35BN2O8/c1-12(2)8-18(23(29)30)25-22(28)16(11-26)24-21(27)13-6-7-15-14(9-13)10-17(31-3)20(33-5)19(15)32-4/h10,12-13,16,18,26,29-30H,6-9,11H2,1-5H3,(H,24,27)(H,25,28)/t13?,16-,18-/m0/s1. The van der Waals surface area contributed by atoms with E-state index in [2.05, 4.69) is 10.6 Å². The molecule has 33 heavy (non-hydrogen) atoms. The lowest BCUT2D eigenvalue weighted by molar-refractivity contribution is -0.132. The van der Waals surface area contributed by atoms with E-state index in [1.807, 2.05) is 19.9 Å². The van der Waals surface area contributed by atoms with E-state index in [0.717, 1.165) is 11.1 Å². The fraction of sp³-hybridized carbons (Fsp3) is 0.636. The van der Waals surface area contributed by atoms with Gasteiger partial charge < -0.3 is 40.0 Å². The zero-order valence-electron chi connectivity index (χ0n) is 19.9. The van der Waals surface area contributed by atoms with Crippen molar-refractivity contribution in [2.75, 3.05) is 27.9 Å². The van der Waals surface area contributed by atoms with Crippen LogP contribution >= 0.6 is 0 Å². The van der Waals surface area contributed by atoms with Crippen LogP contribution in [0.3, 0.4) is 0 Å². The number of hydrogen-bond donors (Lipinski definition) is 5. The molecule has 5 N–H and O–H groups in total. The number of aliphatic hydroxyl groups is 1. The Morgan fingerprint density at radius 3 is 2.30 bits per heavy atom. The molecule has 1 aromatic carbocycles. The highest BCUT2D eigenvalue weighted by molar-refractivity contribution is 6.43. The fourth-order valence-corrected chi connectivity index (χ4v) is 4.16. The minimum Gasteiger partial charge on any atom is -0.493 e. The van der Waals surface area contributed by atoms with Crippen molar-refractivity contribution in [3.63, 3.8) is 0 Å². The molecule has 0 bridgehead atoms. The molecule has 0 saturated heterocycles. The Morgan fingerprint density at radius 1 is 1.12 bits per heavy atom. The van der Waals surface area contributed by atoms with E-state index >= 15 is 0 Å². The minimum atomic E-state index is -1.75. The summed E-state index contributed by atoms with van der Waals surface area (Å²) in [5, 5.41) is 33.8. The molecule has 0 radical (unpaired) electrons. The molecule has 1 aromatic rings. The number of rotatable bonds is 11. The van der Waals surface area contributed by atoms with Crippen molar-refractivity contribution < 1.29 is 39.0 Å². The van der Waals surface area contributed by atoms with Crippen LogP contribution in [-0.2, 0) is 22.4 Å². The van der Waals surface area contributed by atoms with E-state index in [1.54, 1.807) is 7.11 Å². The summed E-state index contributed by atoms with van der Waals surface area (Å²) in [6, 6.07) is 0.623. The smallest absolute Gasteiger partial charge is 0.475 e. The second-order valence-corrected chi connectivity index (χ2v) is 8.62. The Kier molecular flexibility index (Phi) is 9.81. The molecule has 2 amide bonds. The fourth-order valence-electron chi connectivity index (χ4n) is 4.16. The summed E-state index contributed by atoms with van der Waals surface area (Å²) in [5.74, 6) is -0.674. The number of nitrogens with one attached hydrogen (secondary N) is 2.